The molecule has 2 rings (SSSR count). The molecule has 0 spiro atoms. The van der Waals surface area contributed by atoms with Crippen LogP contribution in [0.2, 0.25) is 0 Å². The number of imide groups is 1. The Bertz CT molecular complexity index is 741. The van der Waals surface area contributed by atoms with Gasteiger partial charge in [-0.05, 0) is 37.0 Å². The number of rotatable bonds is 11. The molecule has 5 N–H and O–H groups in total. The van der Waals surface area contributed by atoms with Crippen LogP contribution in [0.25, 0.3) is 0 Å². The van der Waals surface area contributed by atoms with Crippen molar-refractivity contribution in [1.29, 1.82) is 0 Å². The molecule has 29 heavy (non-hydrogen) atoms. The molecule has 0 bridgehead atoms. The van der Waals surface area contributed by atoms with Crippen molar-refractivity contribution < 1.29 is 23.9 Å². The first-order chi connectivity index (χ1) is 14.0. The van der Waals surface area contributed by atoms with Crippen LogP contribution in [0.4, 0.5) is 10.1 Å². The minimum absolute atomic E-state index is 0.173. The summed E-state index contributed by atoms with van der Waals surface area (Å²) in [6, 6.07) is 2.22. The second kappa shape index (κ2) is 11.5. The molecular formula is C20H29FN4O4. The van der Waals surface area contributed by atoms with Crippen molar-refractivity contribution in [3.8, 4) is 0 Å². The van der Waals surface area contributed by atoms with Gasteiger partial charge in [0.1, 0.15) is 5.82 Å². The summed E-state index contributed by atoms with van der Waals surface area (Å²) >= 11 is 0. The monoisotopic (exact) mass is 408 g/mol. The van der Waals surface area contributed by atoms with E-state index in [1.54, 1.807) is 6.07 Å². The lowest BCUT2D eigenvalue weighted by Gasteiger charge is -2.22. The smallest absolute Gasteiger partial charge is 0.251 e. The Morgan fingerprint density at radius 3 is 2.69 bits per heavy atom. The molecule has 9 heteroatoms. The molecule has 1 saturated heterocycles. The minimum Gasteiger partial charge on any atom is -0.396 e. The number of benzene rings is 1. The van der Waals surface area contributed by atoms with E-state index in [9.17, 15) is 18.8 Å². The number of carbonyl (C=O) groups excluding carboxylic acids is 3. The van der Waals surface area contributed by atoms with Crippen molar-refractivity contribution in [2.75, 3.05) is 25.5 Å². The number of piperidine rings is 1. The fraction of sp³-hybridized carbons (Fsp3) is 0.550. The van der Waals surface area contributed by atoms with Gasteiger partial charge < -0.3 is 21.1 Å². The molecule has 160 valence electrons. The summed E-state index contributed by atoms with van der Waals surface area (Å²) < 4.78 is 14.5. The van der Waals surface area contributed by atoms with E-state index in [0.29, 0.717) is 24.2 Å². The van der Waals surface area contributed by atoms with E-state index in [1.165, 1.54) is 13.1 Å². The number of aliphatic hydroxyl groups is 1. The Balaban J connectivity index is 2.05. The Kier molecular flexibility index (Phi) is 9.01. The summed E-state index contributed by atoms with van der Waals surface area (Å²) in [5.74, 6) is -1.64. The molecule has 1 aromatic rings. The van der Waals surface area contributed by atoms with Crippen molar-refractivity contribution in [1.82, 2.24) is 16.0 Å². The molecular weight excluding hydrogens is 379 g/mol. The second-order valence-electron chi connectivity index (χ2n) is 7.02. The van der Waals surface area contributed by atoms with Gasteiger partial charge in [0, 0.05) is 38.7 Å². The summed E-state index contributed by atoms with van der Waals surface area (Å²) in [5.41, 5.74) is 1.04. The van der Waals surface area contributed by atoms with Crippen LogP contribution < -0.4 is 21.3 Å². The largest absolute Gasteiger partial charge is 0.396 e. The van der Waals surface area contributed by atoms with E-state index in [4.69, 9.17) is 5.11 Å². The van der Waals surface area contributed by atoms with Gasteiger partial charge in [-0.3, -0.25) is 19.7 Å². The second-order valence-corrected chi connectivity index (χ2v) is 7.02. The average Bonchev–Trinajstić information content (AvgIpc) is 2.70. The molecule has 8 nitrogen and oxygen atoms in total. The number of amides is 3. The molecule has 1 atom stereocenters. The lowest BCUT2D eigenvalue weighted by atomic mass is 10.0. The first kappa shape index (κ1) is 22.8. The topological polar surface area (TPSA) is 120 Å². The predicted molar refractivity (Wildman–Crippen MR) is 107 cm³/mol. The van der Waals surface area contributed by atoms with E-state index in [2.05, 4.69) is 21.3 Å². The first-order valence-electron chi connectivity index (χ1n) is 9.92. The van der Waals surface area contributed by atoms with Gasteiger partial charge in [0.2, 0.25) is 11.8 Å². The first-order valence-corrected chi connectivity index (χ1v) is 9.92. The minimum atomic E-state index is -0.543. The SMILES string of the molecule is CNC(=O)c1cc(F)c(NCCCCCCO)cc1CNC1CCC(=O)NC1=O. The quantitative estimate of drug-likeness (QED) is 0.276. The third-order valence-corrected chi connectivity index (χ3v) is 4.84. The zero-order valence-corrected chi connectivity index (χ0v) is 16.6. The highest BCUT2D eigenvalue weighted by atomic mass is 19.1. The highest BCUT2D eigenvalue weighted by molar-refractivity contribution is 6.00. The molecule has 1 heterocycles. The normalized spacial score (nSPS) is 16.4. The molecule has 1 aliphatic rings. The number of hydrogen-bond donors (Lipinski definition) is 5. The van der Waals surface area contributed by atoms with Crippen LogP contribution in [0.5, 0.6) is 0 Å². The van der Waals surface area contributed by atoms with Crippen molar-refractivity contribution in [3.05, 3.63) is 29.1 Å². The van der Waals surface area contributed by atoms with E-state index < -0.39 is 23.7 Å². The highest BCUT2D eigenvalue weighted by Gasteiger charge is 2.26. The lowest BCUT2D eigenvalue weighted by molar-refractivity contribution is -0.134. The third-order valence-electron chi connectivity index (χ3n) is 4.84. The van der Waals surface area contributed by atoms with Gasteiger partial charge >= 0.3 is 0 Å². The molecule has 0 aromatic heterocycles. The van der Waals surface area contributed by atoms with Gasteiger partial charge in [0.05, 0.1) is 11.7 Å². The highest BCUT2D eigenvalue weighted by Crippen LogP contribution is 2.21. The Morgan fingerprint density at radius 2 is 2.00 bits per heavy atom. The van der Waals surface area contributed by atoms with E-state index >= 15 is 0 Å². The van der Waals surface area contributed by atoms with Crippen LogP contribution in [0.3, 0.4) is 0 Å². The standard InChI is InChI=1S/C20H29FN4O4/c1-22-19(28)14-11-15(21)17(23-8-4-2-3-5-9-26)10-13(14)12-24-16-6-7-18(27)25-20(16)29/h10-11,16,23-24,26H,2-9,12H2,1H3,(H,22,28)(H,25,27,29). The van der Waals surface area contributed by atoms with Gasteiger partial charge in [-0.2, -0.15) is 0 Å². The number of halogens is 1. The van der Waals surface area contributed by atoms with Crippen molar-refractivity contribution >= 4 is 23.4 Å². The summed E-state index contributed by atoms with van der Waals surface area (Å²) in [4.78, 5) is 35.3. The zero-order valence-electron chi connectivity index (χ0n) is 16.6. The molecule has 0 radical (unpaired) electrons. The molecule has 1 aromatic carbocycles. The Morgan fingerprint density at radius 1 is 1.24 bits per heavy atom. The summed E-state index contributed by atoms with van der Waals surface area (Å²) in [7, 11) is 1.47. The summed E-state index contributed by atoms with van der Waals surface area (Å²) in [5, 5.41) is 19.7. The molecule has 1 fully saturated rings. The van der Waals surface area contributed by atoms with Crippen LogP contribution in [0.15, 0.2) is 12.1 Å². The molecule has 3 amide bonds. The number of nitrogens with one attached hydrogen (secondary N) is 4. The molecule has 1 aliphatic heterocycles. The third kappa shape index (κ3) is 6.79. The van der Waals surface area contributed by atoms with Crippen LogP contribution in [-0.2, 0) is 16.1 Å². The van der Waals surface area contributed by atoms with Gasteiger partial charge in [0.25, 0.3) is 5.91 Å². The van der Waals surface area contributed by atoms with Crippen LogP contribution in [0, 0.1) is 5.82 Å². The number of unbranched alkanes of at least 4 members (excludes halogenated alkanes) is 3. The lowest BCUT2D eigenvalue weighted by Crippen LogP contribution is -2.50. The van der Waals surface area contributed by atoms with Gasteiger partial charge in [0.15, 0.2) is 0 Å². The molecule has 0 aliphatic carbocycles. The van der Waals surface area contributed by atoms with Gasteiger partial charge in [-0.15, -0.1) is 0 Å². The van der Waals surface area contributed by atoms with Crippen LogP contribution in [-0.4, -0.2) is 49.1 Å². The van der Waals surface area contributed by atoms with Crippen molar-refractivity contribution in [3.63, 3.8) is 0 Å². The number of carbonyl (C=O) groups is 3. The predicted octanol–water partition coefficient (Wildman–Crippen LogP) is 1.04. The molecule has 1 unspecified atom stereocenters. The summed E-state index contributed by atoms with van der Waals surface area (Å²) in [6.07, 6.45) is 4.05. The van der Waals surface area contributed by atoms with Crippen LogP contribution >= 0.6 is 0 Å². The fourth-order valence-electron chi connectivity index (χ4n) is 3.18. The van der Waals surface area contributed by atoms with Crippen LogP contribution in [0.1, 0.15) is 54.4 Å². The maximum Gasteiger partial charge on any atom is 0.251 e. The Hall–Kier alpha value is -2.52. The summed E-state index contributed by atoms with van der Waals surface area (Å²) in [6.45, 7) is 0.925. The molecule has 0 saturated carbocycles. The fourth-order valence-corrected chi connectivity index (χ4v) is 3.18. The average molecular weight is 408 g/mol. The van der Waals surface area contributed by atoms with Gasteiger partial charge in [-0.1, -0.05) is 12.8 Å². The van der Waals surface area contributed by atoms with E-state index in [0.717, 1.165) is 25.7 Å². The number of anilines is 1. The maximum absolute atomic E-state index is 14.5. The van der Waals surface area contributed by atoms with Crippen molar-refractivity contribution in [2.45, 2.75) is 51.1 Å². The number of hydrogen-bond acceptors (Lipinski definition) is 6. The van der Waals surface area contributed by atoms with E-state index in [1.807, 2.05) is 0 Å². The van der Waals surface area contributed by atoms with E-state index in [-0.39, 0.29) is 31.0 Å². The Labute approximate surface area is 169 Å². The van der Waals surface area contributed by atoms with Gasteiger partial charge in [-0.25, -0.2) is 4.39 Å². The number of aliphatic hydroxyl groups excluding tert-OH is 1. The zero-order chi connectivity index (χ0) is 21.2. The maximum atomic E-state index is 14.5. The van der Waals surface area contributed by atoms with Crippen molar-refractivity contribution in [2.24, 2.45) is 0 Å².